The highest BCUT2D eigenvalue weighted by Crippen LogP contribution is 2.21. The van der Waals surface area contributed by atoms with Crippen LogP contribution in [0.3, 0.4) is 0 Å². The first-order valence-corrected chi connectivity index (χ1v) is 6.65. The van der Waals surface area contributed by atoms with Gasteiger partial charge in [-0.2, -0.15) is 0 Å². The Kier molecular flexibility index (Phi) is 2.89. The van der Waals surface area contributed by atoms with Crippen molar-refractivity contribution in [3.63, 3.8) is 0 Å². The SMILES string of the molecule is C=CCN1N=C(C)C[N+]2=C1N=C1C2C(=O)N(C)C(=O)N1C. The zero-order chi connectivity index (χ0) is 15.3. The highest BCUT2D eigenvalue weighted by Gasteiger charge is 2.53. The first kappa shape index (κ1) is 13.5. The third-order valence-corrected chi connectivity index (χ3v) is 3.73. The molecule has 21 heavy (non-hydrogen) atoms. The number of likely N-dealkylation sites (N-methyl/N-ethyl adjacent to an activating group) is 2. The molecule has 8 nitrogen and oxygen atoms in total. The van der Waals surface area contributed by atoms with Crippen molar-refractivity contribution in [2.45, 2.75) is 13.0 Å². The maximum absolute atomic E-state index is 12.5. The Labute approximate surface area is 122 Å². The molecular formula is C13H17N6O2+. The number of hydrazone groups is 1. The third-order valence-electron chi connectivity index (χ3n) is 3.73. The van der Waals surface area contributed by atoms with Gasteiger partial charge in [0, 0.05) is 14.1 Å². The van der Waals surface area contributed by atoms with Gasteiger partial charge in [0.15, 0.2) is 0 Å². The molecule has 0 aromatic heterocycles. The van der Waals surface area contributed by atoms with Crippen LogP contribution in [-0.2, 0) is 4.79 Å². The van der Waals surface area contributed by atoms with Crippen LogP contribution in [0.5, 0.6) is 0 Å². The van der Waals surface area contributed by atoms with Gasteiger partial charge in [0.25, 0.3) is 5.91 Å². The number of hydrogen-bond acceptors (Lipinski definition) is 5. The summed E-state index contributed by atoms with van der Waals surface area (Å²) in [5, 5.41) is 6.12. The summed E-state index contributed by atoms with van der Waals surface area (Å²) >= 11 is 0. The van der Waals surface area contributed by atoms with Crippen molar-refractivity contribution in [2.24, 2.45) is 10.1 Å². The van der Waals surface area contributed by atoms with Crippen LogP contribution in [0.15, 0.2) is 22.7 Å². The fourth-order valence-corrected chi connectivity index (χ4v) is 2.73. The molecular weight excluding hydrogens is 272 g/mol. The van der Waals surface area contributed by atoms with E-state index in [0.717, 1.165) is 10.6 Å². The Morgan fingerprint density at radius 1 is 1.38 bits per heavy atom. The minimum Gasteiger partial charge on any atom is -0.270 e. The summed E-state index contributed by atoms with van der Waals surface area (Å²) in [5.74, 6) is 0.779. The van der Waals surface area contributed by atoms with E-state index in [1.165, 1.54) is 11.9 Å². The van der Waals surface area contributed by atoms with Crippen LogP contribution < -0.4 is 0 Å². The minimum atomic E-state index is -0.564. The number of carbonyl (C=O) groups is 2. The number of nitrogens with zero attached hydrogens (tertiary/aromatic N) is 6. The summed E-state index contributed by atoms with van der Waals surface area (Å²) in [6, 6.07) is -0.936. The molecule has 1 saturated heterocycles. The lowest BCUT2D eigenvalue weighted by molar-refractivity contribution is -0.527. The lowest BCUT2D eigenvalue weighted by atomic mass is 10.1. The van der Waals surface area contributed by atoms with E-state index in [1.807, 2.05) is 11.5 Å². The third kappa shape index (κ3) is 1.78. The first-order chi connectivity index (χ1) is 9.95. The summed E-state index contributed by atoms with van der Waals surface area (Å²) < 4.78 is 1.88. The van der Waals surface area contributed by atoms with Crippen molar-refractivity contribution in [1.82, 2.24) is 14.8 Å². The lowest BCUT2D eigenvalue weighted by Gasteiger charge is -2.32. The lowest BCUT2D eigenvalue weighted by Crippen LogP contribution is -2.62. The van der Waals surface area contributed by atoms with Crippen molar-refractivity contribution in [3.05, 3.63) is 12.7 Å². The Bertz CT molecular complexity index is 647. The van der Waals surface area contributed by atoms with Crippen LogP contribution in [0.2, 0.25) is 0 Å². The van der Waals surface area contributed by atoms with Crippen molar-refractivity contribution >= 4 is 29.4 Å². The summed E-state index contributed by atoms with van der Waals surface area (Å²) in [6.07, 6.45) is 1.72. The predicted molar refractivity (Wildman–Crippen MR) is 77.3 cm³/mol. The van der Waals surface area contributed by atoms with Gasteiger partial charge in [-0.1, -0.05) is 17.6 Å². The molecule has 3 aliphatic heterocycles. The molecule has 0 spiro atoms. The van der Waals surface area contributed by atoms with Crippen molar-refractivity contribution < 1.29 is 14.2 Å². The second kappa shape index (κ2) is 4.51. The molecule has 8 heteroatoms. The van der Waals surface area contributed by atoms with Crippen LogP contribution in [0.25, 0.3) is 0 Å². The molecule has 0 N–H and O–H groups in total. The largest absolute Gasteiger partial charge is 0.417 e. The second-order valence-corrected chi connectivity index (χ2v) is 5.25. The van der Waals surface area contributed by atoms with E-state index in [1.54, 1.807) is 18.1 Å². The monoisotopic (exact) mass is 289 g/mol. The van der Waals surface area contributed by atoms with Crippen molar-refractivity contribution in [3.8, 4) is 0 Å². The molecule has 1 fully saturated rings. The van der Waals surface area contributed by atoms with Gasteiger partial charge in [-0.05, 0) is 6.92 Å². The first-order valence-electron chi connectivity index (χ1n) is 6.65. The average Bonchev–Trinajstić information content (AvgIpc) is 2.82. The van der Waals surface area contributed by atoms with E-state index in [0.29, 0.717) is 24.9 Å². The number of urea groups is 1. The smallest absolute Gasteiger partial charge is 0.270 e. The fraction of sp³-hybridized carbons (Fsp3) is 0.462. The molecule has 3 heterocycles. The Balaban J connectivity index is 2.06. The van der Waals surface area contributed by atoms with E-state index in [4.69, 9.17) is 0 Å². The second-order valence-electron chi connectivity index (χ2n) is 5.25. The number of carbonyl (C=O) groups excluding carboxylic acids is 2. The molecule has 0 radical (unpaired) electrons. The number of amidine groups is 1. The zero-order valence-electron chi connectivity index (χ0n) is 12.3. The average molecular weight is 289 g/mol. The summed E-state index contributed by atoms with van der Waals surface area (Å²) in [7, 11) is 3.12. The molecule has 0 aromatic carbocycles. The number of imide groups is 1. The van der Waals surface area contributed by atoms with E-state index >= 15 is 0 Å². The predicted octanol–water partition coefficient (Wildman–Crippen LogP) is -0.463. The molecule has 110 valence electrons. The molecule has 0 saturated carbocycles. The van der Waals surface area contributed by atoms with Gasteiger partial charge in [0.2, 0.25) is 11.9 Å². The van der Waals surface area contributed by atoms with Crippen LogP contribution in [-0.4, -0.2) is 82.1 Å². The van der Waals surface area contributed by atoms with E-state index < -0.39 is 6.04 Å². The summed E-state index contributed by atoms with van der Waals surface area (Å²) in [4.78, 5) is 31.5. The number of rotatable bonds is 2. The van der Waals surface area contributed by atoms with Crippen LogP contribution in [0.4, 0.5) is 4.79 Å². The number of amides is 3. The van der Waals surface area contributed by atoms with Gasteiger partial charge in [-0.25, -0.2) is 9.37 Å². The van der Waals surface area contributed by atoms with Gasteiger partial charge in [-0.3, -0.25) is 14.6 Å². The Morgan fingerprint density at radius 3 is 2.76 bits per heavy atom. The molecule has 0 aliphatic carbocycles. The summed E-state index contributed by atoms with van der Waals surface area (Å²) in [5.41, 5.74) is 0.882. The fourth-order valence-electron chi connectivity index (χ4n) is 2.73. The highest BCUT2D eigenvalue weighted by molar-refractivity contribution is 6.23. The summed E-state index contributed by atoms with van der Waals surface area (Å²) in [6.45, 7) is 6.62. The normalized spacial score (nSPS) is 24.9. The van der Waals surface area contributed by atoms with E-state index in [2.05, 4.69) is 16.7 Å². The zero-order valence-corrected chi connectivity index (χ0v) is 12.3. The van der Waals surface area contributed by atoms with Gasteiger partial charge in [-0.15, -0.1) is 10.1 Å². The van der Waals surface area contributed by atoms with Crippen molar-refractivity contribution in [1.29, 1.82) is 0 Å². The van der Waals surface area contributed by atoms with Crippen LogP contribution >= 0.6 is 0 Å². The quantitative estimate of drug-likeness (QED) is 0.510. The Hall–Kier alpha value is -2.51. The molecule has 3 aliphatic rings. The topological polar surface area (TPSA) is 71.6 Å². The molecule has 1 unspecified atom stereocenters. The minimum absolute atomic E-state index is 0.264. The van der Waals surface area contributed by atoms with Gasteiger partial charge in [0.05, 0.1) is 5.71 Å². The number of fused-ring (bicyclic) bond motifs is 2. The van der Waals surface area contributed by atoms with Crippen LogP contribution in [0.1, 0.15) is 6.92 Å². The number of aliphatic imine (C=N–C) groups is 1. The molecule has 0 aromatic rings. The maximum atomic E-state index is 12.5. The van der Waals surface area contributed by atoms with Gasteiger partial charge < -0.3 is 0 Å². The van der Waals surface area contributed by atoms with Crippen molar-refractivity contribution in [2.75, 3.05) is 27.2 Å². The highest BCUT2D eigenvalue weighted by atomic mass is 16.2. The van der Waals surface area contributed by atoms with Crippen LogP contribution in [0, 0.1) is 0 Å². The molecule has 3 rings (SSSR count). The number of guanidine groups is 1. The molecule has 0 bridgehead atoms. The maximum Gasteiger partial charge on any atom is 0.417 e. The standard InChI is InChI=1S/C13H17N6O2/c1-5-6-19-12-14-10-9(18(12)7-8(2)15-19)11(20)17(4)13(21)16(10)3/h5,9H,1,6-7H2,2-4H3/q+1. The van der Waals surface area contributed by atoms with Gasteiger partial charge >= 0.3 is 12.0 Å². The molecule has 3 amide bonds. The number of hydrogen-bond donors (Lipinski definition) is 0. The van der Waals surface area contributed by atoms with Gasteiger partial charge in [0.1, 0.15) is 13.1 Å². The van der Waals surface area contributed by atoms with E-state index in [-0.39, 0.29) is 11.9 Å². The van der Waals surface area contributed by atoms with E-state index in [9.17, 15) is 9.59 Å². The molecule has 1 atom stereocenters. The Morgan fingerprint density at radius 2 is 2.10 bits per heavy atom.